The Balaban J connectivity index is 1.94. The molecule has 1 saturated heterocycles. The van der Waals surface area contributed by atoms with Crippen LogP contribution in [-0.4, -0.2) is 43.7 Å². The second-order valence-electron chi connectivity index (χ2n) is 7.01. The molecule has 0 aliphatic carbocycles. The molecular weight excluding hydrogens is 375 g/mol. The average Bonchev–Trinajstić information content (AvgIpc) is 3.07. The quantitative estimate of drug-likeness (QED) is 0.853. The highest BCUT2D eigenvalue weighted by molar-refractivity contribution is 5.95. The monoisotopic (exact) mass is 395 g/mol. The highest BCUT2D eigenvalue weighted by atomic mass is 19.4. The smallest absolute Gasteiger partial charge is 0.434 e. The molecule has 28 heavy (non-hydrogen) atoms. The minimum absolute atomic E-state index is 0.0242. The zero-order valence-corrected chi connectivity index (χ0v) is 15.4. The number of benzene rings is 1. The van der Waals surface area contributed by atoms with E-state index in [-0.39, 0.29) is 23.7 Å². The van der Waals surface area contributed by atoms with E-state index in [1.165, 1.54) is 24.3 Å². The SMILES string of the molecule is CC1CCCC(C)N1C(=O)c1ccc(-n2ncc(C(=O)O)c2C(F)(F)F)cc1. The lowest BCUT2D eigenvalue weighted by atomic mass is 9.96. The van der Waals surface area contributed by atoms with Gasteiger partial charge in [-0.05, 0) is 57.4 Å². The second kappa shape index (κ2) is 7.29. The molecule has 1 aliphatic heterocycles. The third-order valence-corrected chi connectivity index (χ3v) is 5.06. The third-order valence-electron chi connectivity index (χ3n) is 5.06. The van der Waals surface area contributed by atoms with Gasteiger partial charge in [0, 0.05) is 17.6 Å². The molecule has 0 spiro atoms. The normalized spacial score (nSPS) is 20.2. The van der Waals surface area contributed by atoms with Gasteiger partial charge in [-0.15, -0.1) is 0 Å². The first kappa shape index (κ1) is 19.9. The number of aromatic carboxylic acids is 1. The number of hydrogen-bond donors (Lipinski definition) is 1. The molecule has 0 bridgehead atoms. The molecule has 1 aromatic heterocycles. The third kappa shape index (κ3) is 3.61. The van der Waals surface area contributed by atoms with Gasteiger partial charge in [0.05, 0.1) is 11.9 Å². The van der Waals surface area contributed by atoms with E-state index in [4.69, 9.17) is 5.11 Å². The van der Waals surface area contributed by atoms with Crippen molar-refractivity contribution in [3.05, 3.63) is 47.3 Å². The van der Waals surface area contributed by atoms with Crippen LogP contribution in [0.2, 0.25) is 0 Å². The maximum Gasteiger partial charge on any atom is 0.434 e. The predicted molar refractivity (Wildman–Crippen MR) is 94.5 cm³/mol. The van der Waals surface area contributed by atoms with Crippen LogP contribution in [0.1, 0.15) is 59.5 Å². The van der Waals surface area contributed by atoms with Gasteiger partial charge in [-0.3, -0.25) is 4.79 Å². The molecule has 1 aromatic carbocycles. The van der Waals surface area contributed by atoms with Crippen LogP contribution in [0.25, 0.3) is 5.69 Å². The number of alkyl halides is 3. The van der Waals surface area contributed by atoms with Crippen molar-refractivity contribution in [1.29, 1.82) is 0 Å². The Morgan fingerprint density at radius 3 is 2.18 bits per heavy atom. The summed E-state index contributed by atoms with van der Waals surface area (Å²) in [5, 5.41) is 12.6. The summed E-state index contributed by atoms with van der Waals surface area (Å²) in [6.07, 6.45) is -1.35. The zero-order valence-electron chi connectivity index (χ0n) is 15.4. The van der Waals surface area contributed by atoms with Gasteiger partial charge >= 0.3 is 12.1 Å². The van der Waals surface area contributed by atoms with E-state index in [1.807, 2.05) is 13.8 Å². The Hall–Kier alpha value is -2.84. The number of likely N-dealkylation sites (tertiary alicyclic amines) is 1. The molecule has 2 unspecified atom stereocenters. The number of amides is 1. The molecule has 1 fully saturated rings. The Morgan fingerprint density at radius 1 is 1.11 bits per heavy atom. The predicted octanol–water partition coefficient (Wildman–Crippen LogP) is 3.99. The van der Waals surface area contributed by atoms with Gasteiger partial charge in [0.1, 0.15) is 5.56 Å². The lowest BCUT2D eigenvalue weighted by molar-refractivity contribution is -0.143. The van der Waals surface area contributed by atoms with Gasteiger partial charge in [0.15, 0.2) is 5.69 Å². The minimum atomic E-state index is -4.89. The summed E-state index contributed by atoms with van der Waals surface area (Å²) in [5.74, 6) is -1.88. The van der Waals surface area contributed by atoms with Gasteiger partial charge in [-0.1, -0.05) is 0 Å². The summed E-state index contributed by atoms with van der Waals surface area (Å²) in [4.78, 5) is 25.7. The van der Waals surface area contributed by atoms with Gasteiger partial charge in [-0.2, -0.15) is 18.3 Å². The van der Waals surface area contributed by atoms with E-state index >= 15 is 0 Å². The maximum absolute atomic E-state index is 13.3. The maximum atomic E-state index is 13.3. The highest BCUT2D eigenvalue weighted by Gasteiger charge is 2.40. The lowest BCUT2D eigenvalue weighted by Crippen LogP contribution is -2.47. The van der Waals surface area contributed by atoms with Crippen LogP contribution in [-0.2, 0) is 6.18 Å². The second-order valence-corrected chi connectivity index (χ2v) is 7.01. The first-order valence-corrected chi connectivity index (χ1v) is 8.93. The van der Waals surface area contributed by atoms with Crippen LogP contribution >= 0.6 is 0 Å². The topological polar surface area (TPSA) is 75.4 Å². The number of halogens is 3. The summed E-state index contributed by atoms with van der Waals surface area (Å²) in [6, 6.07) is 5.73. The number of hydrogen-bond acceptors (Lipinski definition) is 3. The van der Waals surface area contributed by atoms with Gasteiger partial charge in [0.25, 0.3) is 5.91 Å². The van der Waals surface area contributed by atoms with Crippen LogP contribution in [0, 0.1) is 0 Å². The lowest BCUT2D eigenvalue weighted by Gasteiger charge is -2.39. The molecule has 150 valence electrons. The summed E-state index contributed by atoms with van der Waals surface area (Å²) in [5.41, 5.74) is -1.90. The van der Waals surface area contributed by atoms with Crippen LogP contribution < -0.4 is 0 Å². The van der Waals surface area contributed by atoms with Crippen molar-refractivity contribution in [2.45, 2.75) is 51.4 Å². The fourth-order valence-electron chi connectivity index (χ4n) is 3.69. The molecule has 6 nitrogen and oxygen atoms in total. The number of carboxylic acid groups (broad SMARTS) is 1. The van der Waals surface area contributed by atoms with Gasteiger partial charge in [-0.25, -0.2) is 9.48 Å². The Kier molecular flexibility index (Phi) is 5.18. The molecule has 1 amide bonds. The van der Waals surface area contributed by atoms with Crippen LogP contribution in [0.15, 0.2) is 30.5 Å². The number of rotatable bonds is 3. The first-order valence-electron chi connectivity index (χ1n) is 8.93. The molecule has 3 rings (SSSR count). The average molecular weight is 395 g/mol. The summed E-state index contributed by atoms with van der Waals surface area (Å²) >= 11 is 0. The molecule has 2 aromatic rings. The van der Waals surface area contributed by atoms with E-state index in [1.54, 1.807) is 4.90 Å². The van der Waals surface area contributed by atoms with Crippen molar-refractivity contribution in [3.63, 3.8) is 0 Å². The Bertz CT molecular complexity index is 880. The number of nitrogens with zero attached hydrogens (tertiary/aromatic N) is 3. The number of carbonyl (C=O) groups is 2. The van der Waals surface area contributed by atoms with Gasteiger partial charge < -0.3 is 10.0 Å². The van der Waals surface area contributed by atoms with Crippen molar-refractivity contribution in [2.24, 2.45) is 0 Å². The molecule has 0 radical (unpaired) electrons. The number of aromatic nitrogens is 2. The fraction of sp³-hybridized carbons (Fsp3) is 0.421. The number of carboxylic acids is 1. The summed E-state index contributed by atoms with van der Waals surface area (Å²) in [7, 11) is 0. The Morgan fingerprint density at radius 2 is 1.68 bits per heavy atom. The summed E-state index contributed by atoms with van der Waals surface area (Å²) < 4.78 is 40.6. The largest absolute Gasteiger partial charge is 0.478 e. The van der Waals surface area contributed by atoms with Crippen molar-refractivity contribution >= 4 is 11.9 Å². The molecule has 2 atom stereocenters. The molecule has 9 heteroatoms. The molecule has 1 N–H and O–H groups in total. The van der Waals surface area contributed by atoms with E-state index < -0.39 is 23.4 Å². The van der Waals surface area contributed by atoms with Crippen LogP contribution in [0.3, 0.4) is 0 Å². The zero-order chi connectivity index (χ0) is 20.6. The fourth-order valence-corrected chi connectivity index (χ4v) is 3.69. The molecule has 0 saturated carbocycles. The van der Waals surface area contributed by atoms with Crippen molar-refractivity contribution in [1.82, 2.24) is 14.7 Å². The van der Waals surface area contributed by atoms with E-state index in [2.05, 4.69) is 5.10 Å². The van der Waals surface area contributed by atoms with Crippen molar-refractivity contribution in [2.75, 3.05) is 0 Å². The number of carbonyl (C=O) groups excluding carboxylic acids is 1. The van der Waals surface area contributed by atoms with E-state index in [0.717, 1.165) is 19.3 Å². The van der Waals surface area contributed by atoms with Crippen LogP contribution in [0.4, 0.5) is 13.2 Å². The van der Waals surface area contributed by atoms with Crippen LogP contribution in [0.5, 0.6) is 0 Å². The molecular formula is C19H20F3N3O3. The van der Waals surface area contributed by atoms with Crippen molar-refractivity contribution in [3.8, 4) is 5.69 Å². The summed E-state index contributed by atoms with van der Waals surface area (Å²) in [6.45, 7) is 3.96. The molecule has 2 heterocycles. The van der Waals surface area contributed by atoms with E-state index in [0.29, 0.717) is 16.4 Å². The molecule has 1 aliphatic rings. The minimum Gasteiger partial charge on any atom is -0.478 e. The standard InChI is InChI=1S/C19H20F3N3O3/c1-11-4-3-5-12(2)24(11)17(26)13-6-8-14(9-7-13)25-16(19(20,21)22)15(10-23-25)18(27)28/h6-12H,3-5H2,1-2H3,(H,27,28). The first-order chi connectivity index (χ1) is 13.1. The van der Waals surface area contributed by atoms with Crippen molar-refractivity contribution < 1.29 is 27.9 Å². The van der Waals surface area contributed by atoms with E-state index in [9.17, 15) is 22.8 Å². The Labute approximate surface area is 159 Å². The highest BCUT2D eigenvalue weighted by Crippen LogP contribution is 2.34. The van der Waals surface area contributed by atoms with Gasteiger partial charge in [0.2, 0.25) is 0 Å². The number of piperidine rings is 1.